The minimum atomic E-state index is -0.410. The van der Waals surface area contributed by atoms with Gasteiger partial charge in [0.15, 0.2) is 5.78 Å². The predicted molar refractivity (Wildman–Crippen MR) is 101 cm³/mol. The summed E-state index contributed by atoms with van der Waals surface area (Å²) in [5, 5.41) is 0.268. The maximum absolute atomic E-state index is 12.8. The van der Waals surface area contributed by atoms with Gasteiger partial charge in [-0.1, -0.05) is 6.07 Å². The van der Waals surface area contributed by atoms with Crippen LogP contribution in [-0.4, -0.2) is 34.4 Å². The highest BCUT2D eigenvalue weighted by Gasteiger charge is 2.43. The van der Waals surface area contributed by atoms with Crippen molar-refractivity contribution in [2.75, 3.05) is 18.0 Å². The van der Waals surface area contributed by atoms with Crippen LogP contribution in [0.5, 0.6) is 5.75 Å². The Bertz CT molecular complexity index is 869. The Hall–Kier alpha value is -2.14. The van der Waals surface area contributed by atoms with E-state index in [1.165, 1.54) is 0 Å². The van der Waals surface area contributed by atoms with Crippen molar-refractivity contribution in [3.8, 4) is 5.75 Å². The van der Waals surface area contributed by atoms with Crippen molar-refractivity contribution >= 4 is 23.2 Å². The molecule has 3 heterocycles. The molecule has 1 saturated heterocycles. The second kappa shape index (κ2) is 6.23. The summed E-state index contributed by atoms with van der Waals surface area (Å²) in [6, 6.07) is 5.97. The highest BCUT2D eigenvalue weighted by Crippen LogP contribution is 2.41. The number of ether oxygens (including phenoxy) is 1. The first-order valence-corrected chi connectivity index (χ1v) is 9.33. The number of Topliss-reactive ketones (excluding diaryl/α,β-unsaturated/α-hetero) is 1. The van der Waals surface area contributed by atoms with Gasteiger partial charge in [0.25, 0.3) is 0 Å². The molecule has 5 nitrogen and oxygen atoms in total. The lowest BCUT2D eigenvalue weighted by molar-refractivity contribution is 0.0229. The van der Waals surface area contributed by atoms with E-state index in [9.17, 15) is 4.79 Å². The average Bonchev–Trinajstić information content (AvgIpc) is 2.53. The second-order valence-electron chi connectivity index (χ2n) is 7.46. The molecule has 0 radical (unpaired) electrons. The number of carbonyl (C=O) groups excluding carboxylic acids is 1. The summed E-state index contributed by atoms with van der Waals surface area (Å²) in [6.07, 6.45) is 2.01. The van der Waals surface area contributed by atoms with Crippen LogP contribution >= 0.6 is 11.6 Å². The van der Waals surface area contributed by atoms with Crippen LogP contribution in [0.3, 0.4) is 0 Å². The summed E-state index contributed by atoms with van der Waals surface area (Å²) in [4.78, 5) is 23.5. The maximum atomic E-state index is 12.8. The van der Waals surface area contributed by atoms with Gasteiger partial charge in [-0.05, 0) is 49.6 Å². The van der Waals surface area contributed by atoms with Crippen molar-refractivity contribution in [3.05, 3.63) is 45.9 Å². The highest BCUT2D eigenvalue weighted by molar-refractivity contribution is 6.28. The number of piperidine rings is 1. The monoisotopic (exact) mass is 371 g/mol. The molecule has 136 valence electrons. The lowest BCUT2D eigenvalue weighted by Gasteiger charge is -2.44. The van der Waals surface area contributed by atoms with Crippen LogP contribution in [0.1, 0.15) is 46.4 Å². The molecule has 0 saturated carbocycles. The molecule has 0 amide bonds. The number of anilines is 1. The van der Waals surface area contributed by atoms with E-state index in [1.54, 1.807) is 0 Å². The van der Waals surface area contributed by atoms with E-state index >= 15 is 0 Å². The van der Waals surface area contributed by atoms with Gasteiger partial charge in [-0.3, -0.25) is 4.79 Å². The van der Waals surface area contributed by atoms with Gasteiger partial charge in [-0.15, -0.1) is 0 Å². The van der Waals surface area contributed by atoms with Crippen molar-refractivity contribution < 1.29 is 9.53 Å². The zero-order chi connectivity index (χ0) is 18.5. The standard InChI is InChI=1S/C20H22ClN3O2/c1-12-8-13(2)18-15(25)11-20(26-16(18)9-12)4-6-24(7-5-20)17-10-14(3)22-19(21)23-17/h8-10H,4-7,11H2,1-3H3. The Kier molecular flexibility index (Phi) is 4.14. The zero-order valence-electron chi connectivity index (χ0n) is 15.3. The summed E-state index contributed by atoms with van der Waals surface area (Å²) in [6.45, 7) is 7.48. The van der Waals surface area contributed by atoms with Gasteiger partial charge < -0.3 is 9.64 Å². The van der Waals surface area contributed by atoms with Crippen molar-refractivity contribution in [2.45, 2.75) is 45.6 Å². The van der Waals surface area contributed by atoms with E-state index in [1.807, 2.05) is 39.0 Å². The fraction of sp³-hybridized carbons (Fsp3) is 0.450. The molecular formula is C20H22ClN3O2. The lowest BCUT2D eigenvalue weighted by atomic mass is 9.81. The Morgan fingerprint density at radius 2 is 1.85 bits per heavy atom. The van der Waals surface area contributed by atoms with Crippen molar-refractivity contribution in [3.63, 3.8) is 0 Å². The molecule has 4 rings (SSSR count). The summed E-state index contributed by atoms with van der Waals surface area (Å²) in [5.74, 6) is 1.78. The first-order chi connectivity index (χ1) is 12.3. The molecule has 1 spiro atoms. The van der Waals surface area contributed by atoms with Crippen LogP contribution in [0.25, 0.3) is 0 Å². The highest BCUT2D eigenvalue weighted by atomic mass is 35.5. The smallest absolute Gasteiger partial charge is 0.224 e. The van der Waals surface area contributed by atoms with Crippen LogP contribution in [-0.2, 0) is 0 Å². The molecule has 2 aliphatic heterocycles. The van der Waals surface area contributed by atoms with Gasteiger partial charge in [0.2, 0.25) is 5.28 Å². The van der Waals surface area contributed by atoms with Crippen LogP contribution in [0, 0.1) is 20.8 Å². The largest absolute Gasteiger partial charge is 0.486 e. The summed E-state index contributed by atoms with van der Waals surface area (Å²) >= 11 is 6.00. The molecule has 1 fully saturated rings. The molecule has 0 N–H and O–H groups in total. The van der Waals surface area contributed by atoms with Gasteiger partial charge in [-0.2, -0.15) is 0 Å². The minimum Gasteiger partial charge on any atom is -0.486 e. The Morgan fingerprint density at radius 3 is 2.54 bits per heavy atom. The number of hydrogen-bond donors (Lipinski definition) is 0. The second-order valence-corrected chi connectivity index (χ2v) is 7.80. The number of rotatable bonds is 1. The van der Waals surface area contributed by atoms with Crippen LogP contribution in [0.15, 0.2) is 18.2 Å². The Labute approximate surface area is 158 Å². The van der Waals surface area contributed by atoms with Gasteiger partial charge in [0.05, 0.1) is 12.0 Å². The van der Waals surface area contributed by atoms with Crippen LogP contribution in [0.2, 0.25) is 5.28 Å². The van der Waals surface area contributed by atoms with Crippen molar-refractivity contribution in [1.82, 2.24) is 9.97 Å². The van der Waals surface area contributed by atoms with Gasteiger partial charge in [0, 0.05) is 37.7 Å². The van der Waals surface area contributed by atoms with Gasteiger partial charge in [-0.25, -0.2) is 9.97 Å². The Balaban J connectivity index is 1.56. The molecule has 1 aromatic heterocycles. The fourth-order valence-electron chi connectivity index (χ4n) is 4.12. The van der Waals surface area contributed by atoms with Gasteiger partial charge in [0.1, 0.15) is 17.2 Å². The molecule has 2 aromatic rings. The summed E-state index contributed by atoms with van der Waals surface area (Å²) in [7, 11) is 0. The number of hydrogen-bond acceptors (Lipinski definition) is 5. The average molecular weight is 372 g/mol. The predicted octanol–water partition coefficient (Wildman–Crippen LogP) is 4.06. The number of ketones is 1. The van der Waals surface area contributed by atoms with E-state index < -0.39 is 5.60 Å². The normalized spacial score (nSPS) is 18.6. The molecule has 1 aromatic carbocycles. The number of aryl methyl sites for hydroxylation is 3. The molecule has 0 bridgehead atoms. The molecular weight excluding hydrogens is 350 g/mol. The number of fused-ring (bicyclic) bond motifs is 1. The number of aromatic nitrogens is 2. The SMILES string of the molecule is Cc1cc(C)c2c(c1)OC1(CCN(c3cc(C)nc(Cl)n3)CC1)CC2=O. The first-order valence-electron chi connectivity index (χ1n) is 8.95. The number of benzene rings is 1. The van der Waals surface area contributed by atoms with Crippen molar-refractivity contribution in [2.24, 2.45) is 0 Å². The maximum Gasteiger partial charge on any atom is 0.224 e. The van der Waals surface area contributed by atoms with E-state index in [0.717, 1.165) is 59.9 Å². The third kappa shape index (κ3) is 3.05. The summed E-state index contributed by atoms with van der Waals surface area (Å²) < 4.78 is 6.42. The van der Waals surface area contributed by atoms with Gasteiger partial charge >= 0.3 is 0 Å². The third-order valence-electron chi connectivity index (χ3n) is 5.34. The molecule has 6 heteroatoms. The molecule has 0 unspecified atom stereocenters. The van der Waals surface area contributed by atoms with Crippen LogP contribution in [0.4, 0.5) is 5.82 Å². The lowest BCUT2D eigenvalue weighted by Crippen LogP contribution is -2.51. The number of halogens is 1. The molecule has 26 heavy (non-hydrogen) atoms. The third-order valence-corrected chi connectivity index (χ3v) is 5.51. The number of nitrogens with zero attached hydrogens (tertiary/aromatic N) is 3. The molecule has 0 atom stereocenters. The van der Waals surface area contributed by atoms with Crippen molar-refractivity contribution in [1.29, 1.82) is 0 Å². The quantitative estimate of drug-likeness (QED) is 0.707. The first kappa shape index (κ1) is 17.3. The van der Waals surface area contributed by atoms with E-state index in [0.29, 0.717) is 6.42 Å². The van der Waals surface area contributed by atoms with E-state index in [-0.39, 0.29) is 11.1 Å². The zero-order valence-corrected chi connectivity index (χ0v) is 16.1. The summed E-state index contributed by atoms with van der Waals surface area (Å²) in [5.41, 5.74) is 3.32. The minimum absolute atomic E-state index is 0.193. The molecule has 0 aliphatic carbocycles. The van der Waals surface area contributed by atoms with E-state index in [2.05, 4.69) is 14.9 Å². The Morgan fingerprint density at radius 1 is 1.12 bits per heavy atom. The van der Waals surface area contributed by atoms with Crippen LogP contribution < -0.4 is 9.64 Å². The molecule has 2 aliphatic rings. The number of carbonyl (C=O) groups is 1. The fourth-order valence-corrected chi connectivity index (χ4v) is 4.34. The van der Waals surface area contributed by atoms with E-state index in [4.69, 9.17) is 16.3 Å². The topological polar surface area (TPSA) is 55.3 Å².